The molecule has 3 aliphatic carbocycles. The summed E-state index contributed by atoms with van der Waals surface area (Å²) in [6.07, 6.45) is -18.5. The maximum Gasteiger partial charge on any atom is 0.187 e. The molecule has 0 radical (unpaired) electrons. The molecular weight excluding hydrogens is 804 g/mol. The first-order valence-electron chi connectivity index (χ1n) is 21.9. The normalized spacial score (nSPS) is 55.0. The van der Waals surface area contributed by atoms with Gasteiger partial charge in [-0.15, -0.1) is 6.58 Å². The summed E-state index contributed by atoms with van der Waals surface area (Å²) in [5.41, 5.74) is 0.0355. The van der Waals surface area contributed by atoms with E-state index in [0.29, 0.717) is 12.8 Å². The molecule has 350 valence electrons. The molecule has 61 heavy (non-hydrogen) atoms. The van der Waals surface area contributed by atoms with Gasteiger partial charge in [0, 0.05) is 5.41 Å². The first kappa shape index (κ1) is 47.7. The van der Waals surface area contributed by atoms with Gasteiger partial charge < -0.3 is 89.0 Å². The van der Waals surface area contributed by atoms with Crippen LogP contribution in [0.1, 0.15) is 80.6 Å². The lowest BCUT2D eigenvalue weighted by molar-refractivity contribution is -0.364. The average molecular weight is 875 g/mol. The molecule has 7 aliphatic rings. The maximum atomic E-state index is 11.5. The number of hydrogen-bond acceptors (Lipinski definition) is 18. The molecule has 25 atom stereocenters. The molecule has 4 aliphatic heterocycles. The van der Waals surface area contributed by atoms with Crippen LogP contribution in [-0.2, 0) is 37.9 Å². The number of aliphatic hydroxyl groups excluding tert-OH is 10. The summed E-state index contributed by atoms with van der Waals surface area (Å²) in [5.74, 6) is 0.220. The Morgan fingerprint density at radius 1 is 0.623 bits per heavy atom. The molecule has 4 saturated heterocycles. The highest BCUT2D eigenvalue weighted by Crippen LogP contribution is 2.65. The van der Waals surface area contributed by atoms with Crippen molar-refractivity contribution in [1.82, 2.24) is 0 Å². The molecular formula is C43H70O18. The smallest absolute Gasteiger partial charge is 0.187 e. The SMILES string of the molecule is C=C[C@]1(C)C=C2CC[C@@H]3C(C)(C)[C@H](O[C@H]4O[C@H](CO)[C@@H](O)[C@@H]4O[C@H]4O[C@@H](C)[C@H](O)[C@@H](O[C@H]5O[C@@H](C)[C@H](O)[C@@H](O)[C@@H]5O)[C@@H]4O)CC[C@@]3(C)[C@@H]2C[C@H]1O[C@H]1O[C@@H](C)[C@H](O)[C@@H](O)[C@@H]1O. The molecule has 0 aromatic carbocycles. The standard InChI is InChI=1S/C43H70O18/c1-9-42(7)15-20-10-11-23-41(5,6)24(12-13-43(23,8)21(20)14-25(42)59-37-32(51)30(49)26(45)17(2)54-37)58-40-36(29(48)22(16-44)57-40)61-39-34(53)35(28(47)19(4)56-39)60-38-33(52)31(50)27(46)18(3)55-38/h9,15,17-19,21-40,44-53H,1,10-14,16H2,2-8H3/t17-,18-,19-,21+,22+,23+,24+,25+,26-,27-,28-,29+,30+,31+,32-,33-,34-,35+,36-,37+,38+,39+,40+,42+,43-/m0/s1. The van der Waals surface area contributed by atoms with Crippen molar-refractivity contribution < 1.29 is 89.0 Å². The van der Waals surface area contributed by atoms with Crippen LogP contribution < -0.4 is 0 Å². The molecule has 4 heterocycles. The summed E-state index contributed by atoms with van der Waals surface area (Å²) in [7, 11) is 0. The van der Waals surface area contributed by atoms with E-state index in [1.165, 1.54) is 19.4 Å². The topological polar surface area (TPSA) is 276 Å². The van der Waals surface area contributed by atoms with Gasteiger partial charge in [-0.25, -0.2) is 0 Å². The van der Waals surface area contributed by atoms with Crippen LogP contribution in [0.25, 0.3) is 0 Å². The zero-order chi connectivity index (χ0) is 44.7. The summed E-state index contributed by atoms with van der Waals surface area (Å²) >= 11 is 0. The number of fused-ring (bicyclic) bond motifs is 3. The molecule has 6 fully saturated rings. The molecule has 7 rings (SSSR count). The van der Waals surface area contributed by atoms with Crippen molar-refractivity contribution in [2.45, 2.75) is 209 Å². The van der Waals surface area contributed by atoms with Crippen LogP contribution in [0.5, 0.6) is 0 Å². The third kappa shape index (κ3) is 8.44. The van der Waals surface area contributed by atoms with E-state index in [1.54, 1.807) is 6.92 Å². The molecule has 0 spiro atoms. The van der Waals surface area contributed by atoms with Gasteiger partial charge in [-0.05, 0) is 75.5 Å². The van der Waals surface area contributed by atoms with Crippen molar-refractivity contribution in [3.63, 3.8) is 0 Å². The van der Waals surface area contributed by atoms with Crippen LogP contribution in [0, 0.1) is 28.1 Å². The van der Waals surface area contributed by atoms with Crippen molar-refractivity contribution in [3.8, 4) is 0 Å². The molecule has 0 aromatic rings. The summed E-state index contributed by atoms with van der Waals surface area (Å²) in [6.45, 7) is 16.8. The lowest BCUT2D eigenvalue weighted by atomic mass is 9.44. The van der Waals surface area contributed by atoms with Gasteiger partial charge in [-0.1, -0.05) is 45.4 Å². The van der Waals surface area contributed by atoms with Crippen LogP contribution in [0.15, 0.2) is 24.3 Å². The van der Waals surface area contributed by atoms with Crippen LogP contribution in [0.3, 0.4) is 0 Å². The Hall–Kier alpha value is -1.24. The zero-order valence-electron chi connectivity index (χ0n) is 36.1. The van der Waals surface area contributed by atoms with E-state index in [2.05, 4.69) is 33.4 Å². The lowest BCUT2D eigenvalue weighted by Gasteiger charge is -2.62. The Morgan fingerprint density at radius 2 is 1.15 bits per heavy atom. The second-order valence-electron chi connectivity index (χ2n) is 19.8. The third-order valence-corrected chi connectivity index (χ3v) is 15.6. The largest absolute Gasteiger partial charge is 0.394 e. The lowest BCUT2D eigenvalue weighted by Crippen LogP contribution is -2.64. The molecule has 0 amide bonds. The number of hydrogen-bond donors (Lipinski definition) is 10. The van der Waals surface area contributed by atoms with Crippen molar-refractivity contribution in [3.05, 3.63) is 24.3 Å². The predicted octanol–water partition coefficient (Wildman–Crippen LogP) is -0.898. The number of allylic oxidation sites excluding steroid dienone is 1. The molecule has 10 N–H and O–H groups in total. The Bertz CT molecular complexity index is 1570. The fourth-order valence-corrected chi connectivity index (χ4v) is 11.5. The van der Waals surface area contributed by atoms with E-state index < -0.39 is 146 Å². The van der Waals surface area contributed by atoms with Gasteiger partial charge >= 0.3 is 0 Å². The molecule has 0 bridgehead atoms. The fourth-order valence-electron chi connectivity index (χ4n) is 11.5. The fraction of sp³-hybridized carbons (Fsp3) is 0.907. The monoisotopic (exact) mass is 874 g/mol. The maximum absolute atomic E-state index is 11.5. The van der Waals surface area contributed by atoms with Gasteiger partial charge in [-0.2, -0.15) is 0 Å². The van der Waals surface area contributed by atoms with E-state index in [0.717, 1.165) is 19.3 Å². The summed E-state index contributed by atoms with van der Waals surface area (Å²) in [4.78, 5) is 0. The number of ether oxygens (including phenoxy) is 8. The van der Waals surface area contributed by atoms with Gasteiger partial charge in [-0.3, -0.25) is 0 Å². The molecule has 2 saturated carbocycles. The minimum absolute atomic E-state index is 0.0895. The van der Waals surface area contributed by atoms with Gasteiger partial charge in [0.1, 0.15) is 73.2 Å². The highest BCUT2D eigenvalue weighted by molar-refractivity contribution is 5.29. The molecule has 0 aromatic heterocycles. The highest BCUT2D eigenvalue weighted by atomic mass is 16.8. The van der Waals surface area contributed by atoms with Gasteiger partial charge in [0.15, 0.2) is 25.2 Å². The second-order valence-corrected chi connectivity index (χ2v) is 19.8. The molecule has 18 heteroatoms. The number of rotatable bonds is 10. The predicted molar refractivity (Wildman–Crippen MR) is 211 cm³/mol. The number of aliphatic hydroxyl groups is 10. The average Bonchev–Trinajstić information content (AvgIpc) is 3.51. The van der Waals surface area contributed by atoms with Crippen LogP contribution >= 0.6 is 0 Å². The quantitative estimate of drug-likeness (QED) is 0.119. The first-order chi connectivity index (χ1) is 28.6. The van der Waals surface area contributed by atoms with E-state index in [1.807, 2.05) is 13.0 Å². The first-order valence-corrected chi connectivity index (χ1v) is 21.9. The van der Waals surface area contributed by atoms with E-state index >= 15 is 0 Å². The Labute approximate surface area is 356 Å². The molecule has 0 unspecified atom stereocenters. The second kappa shape index (κ2) is 17.9. The van der Waals surface area contributed by atoms with Crippen molar-refractivity contribution in [1.29, 1.82) is 0 Å². The van der Waals surface area contributed by atoms with Crippen LogP contribution in [-0.4, -0.2) is 187 Å². The van der Waals surface area contributed by atoms with Crippen molar-refractivity contribution >= 4 is 0 Å². The van der Waals surface area contributed by atoms with Gasteiger partial charge in [0.25, 0.3) is 0 Å². The Kier molecular flexibility index (Phi) is 14.0. The van der Waals surface area contributed by atoms with Crippen LogP contribution in [0.4, 0.5) is 0 Å². The van der Waals surface area contributed by atoms with Crippen molar-refractivity contribution in [2.24, 2.45) is 28.1 Å². The zero-order valence-corrected chi connectivity index (χ0v) is 36.1. The summed E-state index contributed by atoms with van der Waals surface area (Å²) in [6, 6.07) is 0. The van der Waals surface area contributed by atoms with Crippen molar-refractivity contribution in [2.75, 3.05) is 6.61 Å². The van der Waals surface area contributed by atoms with Gasteiger partial charge in [0.05, 0.1) is 37.1 Å². The highest BCUT2D eigenvalue weighted by Gasteiger charge is 2.61. The van der Waals surface area contributed by atoms with E-state index in [4.69, 9.17) is 37.9 Å². The minimum Gasteiger partial charge on any atom is -0.394 e. The van der Waals surface area contributed by atoms with E-state index in [-0.39, 0.29) is 17.3 Å². The van der Waals surface area contributed by atoms with Crippen LogP contribution in [0.2, 0.25) is 0 Å². The van der Waals surface area contributed by atoms with E-state index in [9.17, 15) is 51.1 Å². The summed E-state index contributed by atoms with van der Waals surface area (Å²) in [5, 5.41) is 107. The Balaban J connectivity index is 1.06. The minimum atomic E-state index is -1.71. The van der Waals surface area contributed by atoms with Gasteiger partial charge in [0.2, 0.25) is 0 Å². The third-order valence-electron chi connectivity index (χ3n) is 15.6. The molecule has 18 nitrogen and oxygen atoms in total. The summed E-state index contributed by atoms with van der Waals surface area (Å²) < 4.78 is 48.7. The Morgan fingerprint density at radius 3 is 1.72 bits per heavy atom.